The lowest BCUT2D eigenvalue weighted by atomic mass is 9.67. The number of nitriles is 1. The SMILES string of the molecule is CCCCSC1CC(C(C)(C)CC)CCC1C#N. The number of nitrogens with zero attached hydrogens (tertiary/aromatic N) is 1. The highest BCUT2D eigenvalue weighted by Gasteiger charge is 2.37. The van der Waals surface area contributed by atoms with Crippen molar-refractivity contribution in [2.75, 3.05) is 5.75 Å². The zero-order valence-electron chi connectivity index (χ0n) is 12.5. The lowest BCUT2D eigenvalue weighted by Crippen LogP contribution is -2.34. The van der Waals surface area contributed by atoms with Crippen LogP contribution >= 0.6 is 11.8 Å². The van der Waals surface area contributed by atoms with E-state index in [1.54, 1.807) is 0 Å². The van der Waals surface area contributed by atoms with Gasteiger partial charge in [0, 0.05) is 5.25 Å². The zero-order chi connectivity index (χ0) is 13.6. The van der Waals surface area contributed by atoms with E-state index >= 15 is 0 Å². The molecule has 0 spiro atoms. The molecule has 0 bridgehead atoms. The van der Waals surface area contributed by atoms with Crippen molar-refractivity contribution in [1.29, 1.82) is 5.26 Å². The van der Waals surface area contributed by atoms with Crippen LogP contribution in [0, 0.1) is 28.6 Å². The third-order valence-corrected chi connectivity index (χ3v) is 6.28. The summed E-state index contributed by atoms with van der Waals surface area (Å²) in [5, 5.41) is 9.89. The fourth-order valence-corrected chi connectivity index (χ4v) is 4.39. The van der Waals surface area contributed by atoms with Crippen LogP contribution in [0.5, 0.6) is 0 Å². The maximum atomic E-state index is 9.30. The predicted molar refractivity (Wildman–Crippen MR) is 81.7 cm³/mol. The van der Waals surface area contributed by atoms with Crippen molar-refractivity contribution in [1.82, 2.24) is 0 Å². The highest BCUT2D eigenvalue weighted by atomic mass is 32.2. The van der Waals surface area contributed by atoms with Gasteiger partial charge in [0.1, 0.15) is 0 Å². The molecule has 1 nitrogen and oxygen atoms in total. The number of rotatable bonds is 6. The Morgan fingerprint density at radius 3 is 2.56 bits per heavy atom. The summed E-state index contributed by atoms with van der Waals surface area (Å²) in [6.07, 6.45) is 7.44. The van der Waals surface area contributed by atoms with Crippen molar-refractivity contribution >= 4 is 11.8 Å². The molecule has 1 rings (SSSR count). The summed E-state index contributed by atoms with van der Waals surface area (Å²) < 4.78 is 0. The number of hydrogen-bond donors (Lipinski definition) is 0. The van der Waals surface area contributed by atoms with E-state index in [2.05, 4.69) is 45.5 Å². The van der Waals surface area contributed by atoms with Crippen LogP contribution < -0.4 is 0 Å². The summed E-state index contributed by atoms with van der Waals surface area (Å²) in [7, 11) is 0. The van der Waals surface area contributed by atoms with E-state index in [1.165, 1.54) is 37.9 Å². The molecule has 1 aliphatic rings. The average Bonchev–Trinajstić information content (AvgIpc) is 2.39. The Morgan fingerprint density at radius 1 is 1.28 bits per heavy atom. The van der Waals surface area contributed by atoms with Crippen LogP contribution in [-0.4, -0.2) is 11.0 Å². The lowest BCUT2D eigenvalue weighted by molar-refractivity contribution is 0.144. The summed E-state index contributed by atoms with van der Waals surface area (Å²) in [6, 6.07) is 2.55. The van der Waals surface area contributed by atoms with Crippen LogP contribution in [0.2, 0.25) is 0 Å². The highest BCUT2D eigenvalue weighted by Crippen LogP contribution is 2.45. The summed E-state index contributed by atoms with van der Waals surface area (Å²) in [4.78, 5) is 0. The molecule has 0 aromatic rings. The van der Waals surface area contributed by atoms with E-state index in [1.807, 2.05) is 0 Å². The molecule has 0 saturated heterocycles. The average molecular weight is 267 g/mol. The standard InChI is InChI=1S/C16H29NS/c1-5-7-10-18-15-11-14(16(3,4)6-2)9-8-13(15)12-17/h13-15H,5-11H2,1-4H3. The normalized spacial score (nSPS) is 28.9. The molecule has 0 aromatic carbocycles. The maximum Gasteiger partial charge on any atom is 0.0667 e. The molecule has 18 heavy (non-hydrogen) atoms. The van der Waals surface area contributed by atoms with E-state index in [0.717, 1.165) is 12.3 Å². The Morgan fingerprint density at radius 2 is 2.00 bits per heavy atom. The molecular weight excluding hydrogens is 238 g/mol. The first-order valence-corrected chi connectivity index (χ1v) is 8.61. The van der Waals surface area contributed by atoms with E-state index in [-0.39, 0.29) is 0 Å². The van der Waals surface area contributed by atoms with Crippen LogP contribution in [0.4, 0.5) is 0 Å². The Kier molecular flexibility index (Phi) is 6.57. The van der Waals surface area contributed by atoms with Gasteiger partial charge in [0.15, 0.2) is 0 Å². The van der Waals surface area contributed by atoms with Crippen LogP contribution in [0.15, 0.2) is 0 Å². The minimum atomic E-state index is 0.302. The van der Waals surface area contributed by atoms with Gasteiger partial charge in [-0.1, -0.05) is 40.5 Å². The van der Waals surface area contributed by atoms with Gasteiger partial charge in [-0.15, -0.1) is 0 Å². The second kappa shape index (κ2) is 7.43. The van der Waals surface area contributed by atoms with Crippen LogP contribution in [0.3, 0.4) is 0 Å². The summed E-state index contributed by atoms with van der Waals surface area (Å²) in [6.45, 7) is 9.35. The third-order valence-electron chi connectivity index (χ3n) is 4.80. The van der Waals surface area contributed by atoms with Crippen LogP contribution in [0.1, 0.15) is 66.2 Å². The molecule has 0 aliphatic heterocycles. The van der Waals surface area contributed by atoms with E-state index in [0.29, 0.717) is 16.6 Å². The molecule has 0 radical (unpaired) electrons. The van der Waals surface area contributed by atoms with E-state index in [9.17, 15) is 5.26 Å². The quantitative estimate of drug-likeness (QED) is 0.613. The fourth-order valence-electron chi connectivity index (χ4n) is 2.84. The first kappa shape index (κ1) is 15.9. The second-order valence-electron chi connectivity index (χ2n) is 6.35. The summed E-state index contributed by atoms with van der Waals surface area (Å²) >= 11 is 2.06. The van der Waals surface area contributed by atoms with Gasteiger partial charge >= 0.3 is 0 Å². The Bertz CT molecular complexity index is 279. The van der Waals surface area contributed by atoms with Gasteiger partial charge in [0.25, 0.3) is 0 Å². The topological polar surface area (TPSA) is 23.8 Å². The Hall–Kier alpha value is -0.160. The van der Waals surface area contributed by atoms with Crippen molar-refractivity contribution in [2.24, 2.45) is 17.3 Å². The summed E-state index contributed by atoms with van der Waals surface area (Å²) in [5.74, 6) is 2.35. The molecule has 3 unspecified atom stereocenters. The predicted octanol–water partition coefficient (Wildman–Crippen LogP) is 5.26. The third kappa shape index (κ3) is 4.19. The van der Waals surface area contributed by atoms with Crippen molar-refractivity contribution in [3.8, 4) is 6.07 Å². The van der Waals surface area contributed by atoms with Crippen molar-refractivity contribution in [2.45, 2.75) is 71.5 Å². The minimum absolute atomic E-state index is 0.302. The van der Waals surface area contributed by atoms with Gasteiger partial charge in [-0.05, 0) is 42.8 Å². The molecule has 0 heterocycles. The van der Waals surface area contributed by atoms with Gasteiger partial charge in [-0.3, -0.25) is 0 Å². The maximum absolute atomic E-state index is 9.30. The van der Waals surface area contributed by atoms with Crippen LogP contribution in [-0.2, 0) is 0 Å². The largest absolute Gasteiger partial charge is 0.198 e. The second-order valence-corrected chi connectivity index (χ2v) is 7.70. The van der Waals surface area contributed by atoms with Crippen molar-refractivity contribution in [3.05, 3.63) is 0 Å². The highest BCUT2D eigenvalue weighted by molar-refractivity contribution is 7.99. The Balaban J connectivity index is 2.58. The van der Waals surface area contributed by atoms with E-state index < -0.39 is 0 Å². The monoisotopic (exact) mass is 267 g/mol. The smallest absolute Gasteiger partial charge is 0.0667 e. The van der Waals surface area contributed by atoms with Gasteiger partial charge in [0.05, 0.1) is 12.0 Å². The van der Waals surface area contributed by atoms with Gasteiger partial charge in [0.2, 0.25) is 0 Å². The molecule has 2 heteroatoms. The summed E-state index contributed by atoms with van der Waals surface area (Å²) in [5.41, 5.74) is 0.448. The molecule has 0 aromatic heterocycles. The van der Waals surface area contributed by atoms with Crippen molar-refractivity contribution in [3.63, 3.8) is 0 Å². The fraction of sp³-hybridized carbons (Fsp3) is 0.938. The molecule has 0 N–H and O–H groups in total. The van der Waals surface area contributed by atoms with Crippen LogP contribution in [0.25, 0.3) is 0 Å². The molecule has 3 atom stereocenters. The van der Waals surface area contributed by atoms with Gasteiger partial charge in [-0.2, -0.15) is 17.0 Å². The molecule has 104 valence electrons. The molecule has 1 fully saturated rings. The molecule has 1 saturated carbocycles. The van der Waals surface area contributed by atoms with Gasteiger partial charge < -0.3 is 0 Å². The van der Waals surface area contributed by atoms with Crippen molar-refractivity contribution < 1.29 is 0 Å². The molecule has 1 aliphatic carbocycles. The van der Waals surface area contributed by atoms with E-state index in [4.69, 9.17) is 0 Å². The zero-order valence-corrected chi connectivity index (χ0v) is 13.4. The number of thioether (sulfide) groups is 1. The lowest BCUT2D eigenvalue weighted by Gasteiger charge is -2.41. The number of hydrogen-bond acceptors (Lipinski definition) is 2. The number of unbranched alkanes of at least 4 members (excludes halogenated alkanes) is 1. The first-order chi connectivity index (χ1) is 8.55. The van der Waals surface area contributed by atoms with Gasteiger partial charge in [-0.25, -0.2) is 0 Å². The Labute approximate surface area is 118 Å². The first-order valence-electron chi connectivity index (χ1n) is 7.56. The molecule has 0 amide bonds. The molecular formula is C16H29NS. The minimum Gasteiger partial charge on any atom is -0.198 e.